The van der Waals surface area contributed by atoms with Crippen molar-refractivity contribution < 1.29 is 14.7 Å². The van der Waals surface area contributed by atoms with Gasteiger partial charge in [-0.15, -0.1) is 0 Å². The molecule has 2 rings (SSSR count). The number of carboxylic acid groups (broad SMARTS) is 1. The number of hydrogen-bond donors (Lipinski definition) is 2. The monoisotopic (exact) mass is 281 g/mol. The minimum atomic E-state index is -0.842. The zero-order valence-electron chi connectivity index (χ0n) is 10.6. The summed E-state index contributed by atoms with van der Waals surface area (Å²) in [6, 6.07) is 4.82. The number of carbonyl (C=O) groups is 2. The van der Waals surface area contributed by atoms with Crippen molar-refractivity contribution in [2.75, 3.05) is 0 Å². The zero-order valence-corrected chi connectivity index (χ0v) is 11.4. The van der Waals surface area contributed by atoms with Crippen molar-refractivity contribution in [3.63, 3.8) is 0 Å². The van der Waals surface area contributed by atoms with Gasteiger partial charge in [0.15, 0.2) is 0 Å². The molecule has 0 heterocycles. The summed E-state index contributed by atoms with van der Waals surface area (Å²) in [5, 5.41) is 12.4. The lowest BCUT2D eigenvalue weighted by Gasteiger charge is -2.18. The predicted molar refractivity (Wildman–Crippen MR) is 72.4 cm³/mol. The fourth-order valence-electron chi connectivity index (χ4n) is 2.51. The van der Waals surface area contributed by atoms with E-state index < -0.39 is 11.9 Å². The number of aryl methyl sites for hydroxylation is 1. The van der Waals surface area contributed by atoms with Crippen molar-refractivity contribution >= 4 is 23.5 Å². The van der Waals surface area contributed by atoms with Crippen LogP contribution in [-0.2, 0) is 4.79 Å². The van der Waals surface area contributed by atoms with E-state index in [4.69, 9.17) is 16.7 Å². The third-order valence-corrected chi connectivity index (χ3v) is 3.83. The highest BCUT2D eigenvalue weighted by atomic mass is 35.5. The van der Waals surface area contributed by atoms with Crippen LogP contribution in [0.4, 0.5) is 0 Å². The number of halogens is 1. The number of rotatable bonds is 3. The van der Waals surface area contributed by atoms with Crippen molar-refractivity contribution in [2.45, 2.75) is 32.2 Å². The van der Waals surface area contributed by atoms with E-state index in [9.17, 15) is 9.59 Å². The van der Waals surface area contributed by atoms with Crippen LogP contribution in [0.25, 0.3) is 0 Å². The standard InChI is InChI=1S/C14H16ClNO3/c1-8-5-6-9(15)7-11(8)13(17)16-12-4-2-3-10(12)14(18)19/h5-7,10,12H,2-4H2,1H3,(H,16,17)(H,18,19)/t10-,12+/m0/s1. The Balaban J connectivity index is 2.12. The quantitative estimate of drug-likeness (QED) is 0.895. The van der Waals surface area contributed by atoms with Crippen LogP contribution in [-0.4, -0.2) is 23.0 Å². The van der Waals surface area contributed by atoms with Gasteiger partial charge in [0.2, 0.25) is 0 Å². The maximum atomic E-state index is 12.2. The van der Waals surface area contributed by atoms with E-state index in [1.54, 1.807) is 18.2 Å². The molecule has 2 N–H and O–H groups in total. The van der Waals surface area contributed by atoms with Gasteiger partial charge in [0.05, 0.1) is 5.92 Å². The fourth-order valence-corrected chi connectivity index (χ4v) is 2.69. The first-order chi connectivity index (χ1) is 8.99. The van der Waals surface area contributed by atoms with Crippen LogP contribution >= 0.6 is 11.6 Å². The van der Waals surface area contributed by atoms with E-state index in [0.29, 0.717) is 23.4 Å². The summed E-state index contributed by atoms with van der Waals surface area (Å²) in [6.07, 6.45) is 2.16. The molecule has 1 saturated carbocycles. The van der Waals surface area contributed by atoms with Gasteiger partial charge in [-0.3, -0.25) is 9.59 Å². The van der Waals surface area contributed by atoms with Gasteiger partial charge in [-0.2, -0.15) is 0 Å². The van der Waals surface area contributed by atoms with Gasteiger partial charge in [0.25, 0.3) is 5.91 Å². The normalized spacial score (nSPS) is 22.2. The van der Waals surface area contributed by atoms with Crippen LogP contribution < -0.4 is 5.32 Å². The number of carbonyl (C=O) groups excluding carboxylic acids is 1. The largest absolute Gasteiger partial charge is 0.481 e. The highest BCUT2D eigenvalue weighted by molar-refractivity contribution is 6.31. The van der Waals surface area contributed by atoms with Gasteiger partial charge in [-0.25, -0.2) is 0 Å². The zero-order chi connectivity index (χ0) is 14.0. The molecule has 2 atom stereocenters. The van der Waals surface area contributed by atoms with E-state index in [0.717, 1.165) is 12.0 Å². The average Bonchev–Trinajstić information content (AvgIpc) is 2.80. The third-order valence-electron chi connectivity index (χ3n) is 3.59. The van der Waals surface area contributed by atoms with Crippen LogP contribution in [0.2, 0.25) is 5.02 Å². The molecule has 1 fully saturated rings. The van der Waals surface area contributed by atoms with E-state index in [-0.39, 0.29) is 11.9 Å². The van der Waals surface area contributed by atoms with Crippen LogP contribution in [0, 0.1) is 12.8 Å². The van der Waals surface area contributed by atoms with Crippen molar-refractivity contribution in [1.82, 2.24) is 5.32 Å². The van der Waals surface area contributed by atoms with Gasteiger partial charge in [-0.1, -0.05) is 24.1 Å². The van der Waals surface area contributed by atoms with Crippen molar-refractivity contribution in [1.29, 1.82) is 0 Å². The maximum absolute atomic E-state index is 12.2. The summed E-state index contributed by atoms with van der Waals surface area (Å²) in [7, 11) is 0. The molecule has 0 bridgehead atoms. The molecule has 0 aliphatic heterocycles. The molecular weight excluding hydrogens is 266 g/mol. The molecular formula is C14H16ClNO3. The van der Waals surface area contributed by atoms with Crippen LogP contribution in [0.1, 0.15) is 35.2 Å². The number of hydrogen-bond acceptors (Lipinski definition) is 2. The van der Waals surface area contributed by atoms with Crippen molar-refractivity contribution in [3.8, 4) is 0 Å². The average molecular weight is 282 g/mol. The lowest BCUT2D eigenvalue weighted by Crippen LogP contribution is -2.40. The first-order valence-corrected chi connectivity index (χ1v) is 6.66. The van der Waals surface area contributed by atoms with E-state index >= 15 is 0 Å². The van der Waals surface area contributed by atoms with Gasteiger partial charge in [-0.05, 0) is 37.5 Å². The van der Waals surface area contributed by atoms with Crippen LogP contribution in [0.3, 0.4) is 0 Å². The Morgan fingerprint density at radius 3 is 2.79 bits per heavy atom. The van der Waals surface area contributed by atoms with Crippen LogP contribution in [0.15, 0.2) is 18.2 Å². The van der Waals surface area contributed by atoms with Gasteiger partial charge in [0.1, 0.15) is 0 Å². The number of aliphatic carboxylic acids is 1. The summed E-state index contributed by atoms with van der Waals surface area (Å²) in [5.74, 6) is -1.58. The summed E-state index contributed by atoms with van der Waals surface area (Å²) >= 11 is 5.88. The Bertz CT molecular complexity index is 515. The van der Waals surface area contributed by atoms with Gasteiger partial charge >= 0.3 is 5.97 Å². The molecule has 19 heavy (non-hydrogen) atoms. The topological polar surface area (TPSA) is 66.4 Å². The molecule has 1 aromatic carbocycles. The summed E-state index contributed by atoms with van der Waals surface area (Å²) in [6.45, 7) is 1.83. The van der Waals surface area contributed by atoms with Gasteiger partial charge < -0.3 is 10.4 Å². The number of carboxylic acids is 1. The summed E-state index contributed by atoms with van der Waals surface area (Å²) < 4.78 is 0. The molecule has 5 heteroatoms. The van der Waals surface area contributed by atoms with E-state index in [1.807, 2.05) is 6.92 Å². The maximum Gasteiger partial charge on any atom is 0.308 e. The Labute approximate surface area is 116 Å². The first-order valence-electron chi connectivity index (χ1n) is 6.29. The first kappa shape index (κ1) is 13.9. The predicted octanol–water partition coefficient (Wildman–Crippen LogP) is 2.63. The lowest BCUT2D eigenvalue weighted by molar-refractivity contribution is -0.142. The molecule has 4 nitrogen and oxygen atoms in total. The Hall–Kier alpha value is -1.55. The molecule has 0 spiro atoms. The smallest absolute Gasteiger partial charge is 0.308 e. The van der Waals surface area contributed by atoms with Crippen molar-refractivity contribution in [2.24, 2.45) is 5.92 Å². The van der Waals surface area contributed by atoms with E-state index in [2.05, 4.69) is 5.32 Å². The molecule has 1 amide bonds. The summed E-state index contributed by atoms with van der Waals surface area (Å²) in [4.78, 5) is 23.3. The minimum absolute atomic E-state index is 0.252. The lowest BCUT2D eigenvalue weighted by atomic mass is 10.0. The molecule has 102 valence electrons. The van der Waals surface area contributed by atoms with Crippen molar-refractivity contribution in [3.05, 3.63) is 34.3 Å². The fraction of sp³-hybridized carbons (Fsp3) is 0.429. The highest BCUT2D eigenvalue weighted by Gasteiger charge is 2.34. The second-order valence-electron chi connectivity index (χ2n) is 4.91. The summed E-state index contributed by atoms with van der Waals surface area (Å²) in [5.41, 5.74) is 1.33. The second kappa shape index (κ2) is 5.61. The molecule has 0 saturated heterocycles. The highest BCUT2D eigenvalue weighted by Crippen LogP contribution is 2.26. The van der Waals surface area contributed by atoms with Gasteiger partial charge in [0, 0.05) is 16.6 Å². The molecule has 1 aliphatic rings. The van der Waals surface area contributed by atoms with E-state index in [1.165, 1.54) is 0 Å². The molecule has 0 unspecified atom stereocenters. The molecule has 0 radical (unpaired) electrons. The number of nitrogens with one attached hydrogen (secondary N) is 1. The SMILES string of the molecule is Cc1ccc(Cl)cc1C(=O)N[C@@H]1CCC[C@@H]1C(=O)O. The third kappa shape index (κ3) is 3.07. The molecule has 0 aromatic heterocycles. The second-order valence-corrected chi connectivity index (χ2v) is 5.35. The molecule has 1 aromatic rings. The Morgan fingerprint density at radius 1 is 1.37 bits per heavy atom. The van der Waals surface area contributed by atoms with Crippen LogP contribution in [0.5, 0.6) is 0 Å². The Kier molecular flexibility index (Phi) is 4.10. The minimum Gasteiger partial charge on any atom is -0.481 e. The number of benzene rings is 1. The Morgan fingerprint density at radius 2 is 2.11 bits per heavy atom. The number of amides is 1. The molecule has 1 aliphatic carbocycles.